The number of likely N-dealkylation sites (tertiary alicyclic amines) is 1. The number of carbonyl (C=O) groups excluding carboxylic acids is 2. The summed E-state index contributed by atoms with van der Waals surface area (Å²) in [5.74, 6) is -0.0446. The quantitative estimate of drug-likeness (QED) is 0.600. The Labute approximate surface area is 169 Å². The average molecular weight is 392 g/mol. The van der Waals surface area contributed by atoms with Crippen LogP contribution in [0, 0.1) is 0 Å². The second-order valence-electron chi connectivity index (χ2n) is 7.33. The Morgan fingerprint density at radius 1 is 1.17 bits per heavy atom. The summed E-state index contributed by atoms with van der Waals surface area (Å²) in [6, 6.07) is 14.9. The number of fused-ring (bicyclic) bond motifs is 1. The van der Waals surface area contributed by atoms with E-state index in [1.54, 1.807) is 18.2 Å². The van der Waals surface area contributed by atoms with Crippen molar-refractivity contribution < 1.29 is 18.8 Å². The lowest BCUT2D eigenvalue weighted by molar-refractivity contribution is -0.138. The molecule has 2 aromatic carbocycles. The topological polar surface area (TPSA) is 72.6 Å². The van der Waals surface area contributed by atoms with Crippen molar-refractivity contribution in [3.63, 3.8) is 0 Å². The van der Waals surface area contributed by atoms with Crippen molar-refractivity contribution in [2.45, 2.75) is 38.6 Å². The predicted octanol–water partition coefficient (Wildman–Crippen LogP) is 4.44. The lowest BCUT2D eigenvalue weighted by Gasteiger charge is -2.35. The van der Waals surface area contributed by atoms with Crippen molar-refractivity contribution in [1.82, 2.24) is 10.1 Å². The van der Waals surface area contributed by atoms with E-state index < -0.39 is 5.97 Å². The number of rotatable bonds is 5. The molecule has 1 amide bonds. The van der Waals surface area contributed by atoms with Crippen LogP contribution in [0.2, 0.25) is 0 Å². The van der Waals surface area contributed by atoms with Crippen molar-refractivity contribution in [2.24, 2.45) is 0 Å². The summed E-state index contributed by atoms with van der Waals surface area (Å²) in [7, 11) is 0. The van der Waals surface area contributed by atoms with Crippen molar-refractivity contribution >= 4 is 22.8 Å². The molecule has 1 atom stereocenters. The van der Waals surface area contributed by atoms with Crippen LogP contribution in [0.4, 0.5) is 0 Å². The maximum atomic E-state index is 12.6. The summed E-state index contributed by atoms with van der Waals surface area (Å²) in [4.78, 5) is 26.9. The first-order valence-corrected chi connectivity index (χ1v) is 10.1. The Hall–Kier alpha value is -3.15. The van der Waals surface area contributed by atoms with Gasteiger partial charge in [0.1, 0.15) is 5.52 Å². The van der Waals surface area contributed by atoms with E-state index in [1.807, 2.05) is 35.2 Å². The fourth-order valence-electron chi connectivity index (χ4n) is 3.91. The Balaban J connectivity index is 1.48. The molecule has 0 radical (unpaired) electrons. The summed E-state index contributed by atoms with van der Waals surface area (Å²) in [6.45, 7) is 2.59. The molecule has 4 rings (SSSR count). The van der Waals surface area contributed by atoms with Gasteiger partial charge in [-0.25, -0.2) is 4.79 Å². The Kier molecular flexibility index (Phi) is 5.60. The molecule has 0 unspecified atom stereocenters. The molecule has 2 heterocycles. The summed E-state index contributed by atoms with van der Waals surface area (Å²) in [5.41, 5.74) is 1.92. The van der Waals surface area contributed by atoms with Crippen molar-refractivity contribution in [3.05, 3.63) is 54.1 Å². The molecule has 0 saturated carbocycles. The fourth-order valence-corrected chi connectivity index (χ4v) is 3.91. The maximum absolute atomic E-state index is 12.6. The minimum Gasteiger partial charge on any atom is -0.452 e. The lowest BCUT2D eigenvalue weighted by atomic mass is 10.00. The number of ether oxygens (including phenoxy) is 1. The summed E-state index contributed by atoms with van der Waals surface area (Å²) in [6.07, 6.45) is 4.09. The van der Waals surface area contributed by atoms with Gasteiger partial charge in [-0.2, -0.15) is 0 Å². The monoisotopic (exact) mass is 392 g/mol. The highest BCUT2D eigenvalue weighted by Gasteiger charge is 2.26. The average Bonchev–Trinajstić information content (AvgIpc) is 3.21. The van der Waals surface area contributed by atoms with E-state index in [-0.39, 0.29) is 18.6 Å². The Bertz CT molecular complexity index is 1010. The SMILES string of the molecule is CC[C@H]1CCCCN1C(=O)COC(=O)c1ccc2noc(-c3ccccc3)c2c1. The van der Waals surface area contributed by atoms with E-state index in [0.29, 0.717) is 16.8 Å². The second kappa shape index (κ2) is 8.47. The first-order chi connectivity index (χ1) is 14.2. The molecule has 1 aliphatic heterocycles. The molecule has 150 valence electrons. The number of piperidine rings is 1. The smallest absolute Gasteiger partial charge is 0.338 e. The number of hydrogen-bond donors (Lipinski definition) is 0. The van der Waals surface area contributed by atoms with Gasteiger partial charge < -0.3 is 14.2 Å². The van der Waals surface area contributed by atoms with Gasteiger partial charge in [-0.15, -0.1) is 0 Å². The number of nitrogens with zero attached hydrogens (tertiary/aromatic N) is 2. The molecule has 1 saturated heterocycles. The van der Waals surface area contributed by atoms with Gasteiger partial charge in [0, 0.05) is 18.2 Å². The molecular formula is C23H24N2O4. The standard InChI is InChI=1S/C23H24N2O4/c1-2-18-10-6-7-13-25(18)21(26)15-28-23(27)17-11-12-20-19(14-17)22(29-24-20)16-8-4-3-5-9-16/h3-5,8-9,11-12,14,18H,2,6-7,10,13,15H2,1H3/t18-/m0/s1. The zero-order valence-electron chi connectivity index (χ0n) is 16.5. The van der Waals surface area contributed by atoms with Gasteiger partial charge in [-0.05, 0) is 43.9 Å². The van der Waals surface area contributed by atoms with Crippen LogP contribution in [-0.4, -0.2) is 41.1 Å². The van der Waals surface area contributed by atoms with Gasteiger partial charge in [0.05, 0.1) is 10.9 Å². The second-order valence-corrected chi connectivity index (χ2v) is 7.33. The van der Waals surface area contributed by atoms with Crippen LogP contribution in [-0.2, 0) is 9.53 Å². The maximum Gasteiger partial charge on any atom is 0.338 e. The number of hydrogen-bond acceptors (Lipinski definition) is 5. The van der Waals surface area contributed by atoms with Gasteiger partial charge in [-0.1, -0.05) is 42.4 Å². The van der Waals surface area contributed by atoms with Gasteiger partial charge in [0.15, 0.2) is 12.4 Å². The highest BCUT2D eigenvalue weighted by molar-refractivity contribution is 5.99. The number of amides is 1. The molecule has 6 nitrogen and oxygen atoms in total. The van der Waals surface area contributed by atoms with Gasteiger partial charge in [-0.3, -0.25) is 4.79 Å². The van der Waals surface area contributed by atoms with Crippen molar-refractivity contribution in [1.29, 1.82) is 0 Å². The van der Waals surface area contributed by atoms with Crippen LogP contribution in [0.25, 0.3) is 22.2 Å². The molecule has 0 bridgehead atoms. The molecule has 3 aromatic rings. The minimum atomic E-state index is -0.523. The van der Waals surface area contributed by atoms with Gasteiger partial charge >= 0.3 is 5.97 Å². The van der Waals surface area contributed by atoms with Gasteiger partial charge in [0.25, 0.3) is 5.91 Å². The molecular weight excluding hydrogens is 368 g/mol. The van der Waals surface area contributed by atoms with Crippen molar-refractivity contribution in [2.75, 3.05) is 13.2 Å². The third-order valence-corrected chi connectivity index (χ3v) is 5.49. The number of carbonyl (C=O) groups is 2. The van der Waals surface area contributed by atoms with Crippen LogP contribution in [0.15, 0.2) is 53.1 Å². The van der Waals surface area contributed by atoms with Crippen LogP contribution in [0.3, 0.4) is 0 Å². The molecule has 0 spiro atoms. The van der Waals surface area contributed by atoms with Crippen LogP contribution in [0.1, 0.15) is 43.0 Å². The largest absolute Gasteiger partial charge is 0.452 e. The van der Waals surface area contributed by atoms with E-state index in [9.17, 15) is 9.59 Å². The summed E-state index contributed by atoms with van der Waals surface area (Å²) < 4.78 is 10.8. The van der Waals surface area contributed by atoms with Crippen molar-refractivity contribution in [3.8, 4) is 11.3 Å². The molecule has 0 aliphatic carbocycles. The van der Waals surface area contributed by atoms with E-state index in [4.69, 9.17) is 9.26 Å². The number of benzene rings is 2. The fraction of sp³-hybridized carbons (Fsp3) is 0.348. The molecule has 1 aliphatic rings. The third kappa shape index (κ3) is 4.01. The Morgan fingerprint density at radius 3 is 2.79 bits per heavy atom. The summed E-state index contributed by atoms with van der Waals surface area (Å²) >= 11 is 0. The molecule has 1 fully saturated rings. The highest BCUT2D eigenvalue weighted by atomic mass is 16.5. The first kappa shape index (κ1) is 19.2. The minimum absolute atomic E-state index is 0.124. The van der Waals surface area contributed by atoms with E-state index in [1.165, 1.54) is 0 Å². The Morgan fingerprint density at radius 2 is 2.00 bits per heavy atom. The van der Waals surface area contributed by atoms with Crippen LogP contribution < -0.4 is 0 Å². The normalized spacial score (nSPS) is 16.7. The molecule has 6 heteroatoms. The zero-order chi connectivity index (χ0) is 20.2. The molecule has 29 heavy (non-hydrogen) atoms. The molecule has 1 aromatic heterocycles. The van der Waals surface area contributed by atoms with E-state index in [2.05, 4.69) is 12.1 Å². The van der Waals surface area contributed by atoms with E-state index >= 15 is 0 Å². The first-order valence-electron chi connectivity index (χ1n) is 10.1. The summed E-state index contributed by atoms with van der Waals surface area (Å²) in [5, 5.41) is 4.80. The number of aromatic nitrogens is 1. The van der Waals surface area contributed by atoms with E-state index in [0.717, 1.165) is 43.2 Å². The van der Waals surface area contributed by atoms with Crippen LogP contribution >= 0.6 is 0 Å². The predicted molar refractivity (Wildman–Crippen MR) is 109 cm³/mol. The number of esters is 1. The zero-order valence-corrected chi connectivity index (χ0v) is 16.5. The molecule has 0 N–H and O–H groups in total. The third-order valence-electron chi connectivity index (χ3n) is 5.49. The highest BCUT2D eigenvalue weighted by Crippen LogP contribution is 2.29. The lowest BCUT2D eigenvalue weighted by Crippen LogP contribution is -2.45. The van der Waals surface area contributed by atoms with Crippen LogP contribution in [0.5, 0.6) is 0 Å². The van der Waals surface area contributed by atoms with Gasteiger partial charge in [0.2, 0.25) is 0 Å².